The first-order valence-electron chi connectivity index (χ1n) is 15.8. The molecule has 1 heterocycles. The molecule has 1 aliphatic rings. The van der Waals surface area contributed by atoms with Crippen molar-refractivity contribution in [2.45, 2.75) is 57.1 Å². The molecule has 1 aliphatic heterocycles. The van der Waals surface area contributed by atoms with Gasteiger partial charge in [0.1, 0.15) is 30.2 Å². The highest BCUT2D eigenvalue weighted by molar-refractivity contribution is 5.22. The summed E-state index contributed by atoms with van der Waals surface area (Å²) in [5, 5.41) is 0. The number of rotatable bonds is 15. The average molecular weight is 617 g/mol. The lowest BCUT2D eigenvalue weighted by molar-refractivity contribution is -0.310. The van der Waals surface area contributed by atoms with Crippen LogP contribution >= 0.6 is 0 Å². The van der Waals surface area contributed by atoms with Crippen LogP contribution in [0, 0.1) is 0 Å². The molecule has 6 nitrogen and oxygen atoms in total. The van der Waals surface area contributed by atoms with Gasteiger partial charge >= 0.3 is 0 Å². The molecule has 0 aromatic heterocycles. The number of para-hydroxylation sites is 1. The second-order valence-corrected chi connectivity index (χ2v) is 11.3. The lowest BCUT2D eigenvalue weighted by Crippen LogP contribution is -2.62. The highest BCUT2D eigenvalue weighted by atomic mass is 16.7. The largest absolute Gasteiger partial charge is 0.462 e. The van der Waals surface area contributed by atoms with Crippen molar-refractivity contribution < 1.29 is 28.4 Å². The van der Waals surface area contributed by atoms with Gasteiger partial charge in [-0.3, -0.25) is 0 Å². The molecule has 6 rings (SSSR count). The minimum Gasteiger partial charge on any atom is -0.462 e. The van der Waals surface area contributed by atoms with Gasteiger partial charge in [-0.15, -0.1) is 0 Å². The van der Waals surface area contributed by atoms with Gasteiger partial charge in [0.05, 0.1) is 33.0 Å². The van der Waals surface area contributed by atoms with E-state index in [1.54, 1.807) is 0 Å². The fourth-order valence-electron chi connectivity index (χ4n) is 5.48. The van der Waals surface area contributed by atoms with E-state index in [1.165, 1.54) is 0 Å². The highest BCUT2D eigenvalue weighted by Gasteiger charge is 2.49. The minimum absolute atomic E-state index is 0.277. The Labute approximate surface area is 271 Å². The molecule has 6 heteroatoms. The van der Waals surface area contributed by atoms with Crippen molar-refractivity contribution in [1.29, 1.82) is 0 Å². The second kappa shape index (κ2) is 16.9. The first-order valence-corrected chi connectivity index (χ1v) is 15.8. The van der Waals surface area contributed by atoms with E-state index in [1.807, 2.05) is 127 Å². The molecule has 1 saturated heterocycles. The van der Waals surface area contributed by atoms with E-state index in [2.05, 4.69) is 24.3 Å². The molecule has 0 radical (unpaired) electrons. The van der Waals surface area contributed by atoms with Crippen LogP contribution < -0.4 is 4.74 Å². The molecule has 5 atom stereocenters. The maximum atomic E-state index is 6.77. The maximum absolute atomic E-state index is 6.77. The Hall–Kier alpha value is -4.30. The van der Waals surface area contributed by atoms with Crippen molar-refractivity contribution in [2.75, 3.05) is 6.61 Å². The van der Waals surface area contributed by atoms with Gasteiger partial charge in [-0.25, -0.2) is 0 Å². The summed E-state index contributed by atoms with van der Waals surface area (Å²) in [5.41, 5.74) is 4.23. The number of ether oxygens (including phenoxy) is 6. The Balaban J connectivity index is 1.31. The third kappa shape index (κ3) is 9.13. The summed E-state index contributed by atoms with van der Waals surface area (Å²) >= 11 is 0. The van der Waals surface area contributed by atoms with E-state index in [-0.39, 0.29) is 6.61 Å². The van der Waals surface area contributed by atoms with Crippen LogP contribution in [0.15, 0.2) is 152 Å². The Morgan fingerprint density at radius 1 is 0.413 bits per heavy atom. The molecular formula is C40H40O6. The second-order valence-electron chi connectivity index (χ2n) is 11.3. The topological polar surface area (TPSA) is 55.4 Å². The third-order valence-corrected chi connectivity index (χ3v) is 7.84. The molecule has 0 bridgehead atoms. The van der Waals surface area contributed by atoms with Crippen LogP contribution in [0.2, 0.25) is 0 Å². The zero-order valence-corrected chi connectivity index (χ0v) is 25.8. The van der Waals surface area contributed by atoms with Gasteiger partial charge in [0.25, 0.3) is 0 Å². The first kappa shape index (κ1) is 31.7. The molecule has 0 N–H and O–H groups in total. The predicted molar refractivity (Wildman–Crippen MR) is 177 cm³/mol. The minimum atomic E-state index is -0.784. The maximum Gasteiger partial charge on any atom is 0.229 e. The summed E-state index contributed by atoms with van der Waals surface area (Å²) < 4.78 is 39.6. The summed E-state index contributed by atoms with van der Waals surface area (Å²) in [4.78, 5) is 0. The Kier molecular flexibility index (Phi) is 11.6. The predicted octanol–water partition coefficient (Wildman–Crippen LogP) is 7.76. The molecule has 0 amide bonds. The Bertz CT molecular complexity index is 1540. The van der Waals surface area contributed by atoms with Gasteiger partial charge in [-0.1, -0.05) is 140 Å². The summed E-state index contributed by atoms with van der Waals surface area (Å²) in [6.07, 6.45) is -2.96. The van der Waals surface area contributed by atoms with E-state index in [0.29, 0.717) is 32.2 Å². The van der Waals surface area contributed by atoms with Crippen molar-refractivity contribution >= 4 is 0 Å². The molecule has 0 spiro atoms. The fraction of sp³-hybridized carbons (Fsp3) is 0.250. The van der Waals surface area contributed by atoms with E-state index in [0.717, 1.165) is 22.3 Å². The zero-order chi connectivity index (χ0) is 31.2. The molecular weight excluding hydrogens is 576 g/mol. The average Bonchev–Trinajstić information content (AvgIpc) is 3.12. The number of hydrogen-bond donors (Lipinski definition) is 0. The standard InChI is InChI=1S/C40H40O6/c1-6-16-31(17-7-1)26-41-30-36-37(42-27-32-18-8-2-9-19-32)38(43-28-33-20-10-3-11-21-33)39(44-29-34-22-12-4-13-23-34)40(46-36)45-35-24-14-5-15-25-35/h1-25,36-40H,26-30H2/t36-,37+,38+,39-,40+/m1/s1. The monoisotopic (exact) mass is 616 g/mol. The van der Waals surface area contributed by atoms with Crippen molar-refractivity contribution in [2.24, 2.45) is 0 Å². The summed E-state index contributed by atoms with van der Waals surface area (Å²) in [6.45, 7) is 1.83. The van der Waals surface area contributed by atoms with Crippen LogP contribution in [0.25, 0.3) is 0 Å². The van der Waals surface area contributed by atoms with Gasteiger partial charge in [-0.05, 0) is 34.4 Å². The van der Waals surface area contributed by atoms with Crippen molar-refractivity contribution in [3.63, 3.8) is 0 Å². The van der Waals surface area contributed by atoms with Gasteiger partial charge in [0.15, 0.2) is 0 Å². The van der Waals surface area contributed by atoms with Gasteiger partial charge in [-0.2, -0.15) is 0 Å². The zero-order valence-electron chi connectivity index (χ0n) is 25.8. The van der Waals surface area contributed by atoms with E-state index in [9.17, 15) is 0 Å². The highest BCUT2D eigenvalue weighted by Crippen LogP contribution is 2.32. The van der Waals surface area contributed by atoms with Crippen molar-refractivity contribution in [3.8, 4) is 5.75 Å². The first-order chi connectivity index (χ1) is 22.8. The molecule has 0 aliphatic carbocycles. The van der Waals surface area contributed by atoms with E-state index < -0.39 is 30.7 Å². The summed E-state index contributed by atoms with van der Waals surface area (Å²) in [5.74, 6) is 0.676. The van der Waals surface area contributed by atoms with Crippen LogP contribution in [0.1, 0.15) is 22.3 Å². The SMILES string of the molecule is c1ccc(COC[C@H]2O[C@H](Oc3ccccc3)[C@H](OCc3ccccc3)[C@@H](OCc3ccccc3)[C@H]2OCc2ccccc2)cc1. The molecule has 0 saturated carbocycles. The number of hydrogen-bond acceptors (Lipinski definition) is 6. The third-order valence-electron chi connectivity index (χ3n) is 7.84. The quantitative estimate of drug-likeness (QED) is 0.120. The Morgan fingerprint density at radius 3 is 1.28 bits per heavy atom. The molecule has 236 valence electrons. The molecule has 46 heavy (non-hydrogen) atoms. The molecule has 1 fully saturated rings. The molecule has 0 unspecified atom stereocenters. The van der Waals surface area contributed by atoms with Crippen LogP contribution in [0.5, 0.6) is 5.75 Å². The summed E-state index contributed by atoms with van der Waals surface area (Å²) in [6, 6.07) is 50.1. The summed E-state index contributed by atoms with van der Waals surface area (Å²) in [7, 11) is 0. The number of benzene rings is 5. The fourth-order valence-corrected chi connectivity index (χ4v) is 5.48. The van der Waals surface area contributed by atoms with Crippen LogP contribution in [-0.4, -0.2) is 37.3 Å². The lowest BCUT2D eigenvalue weighted by Gasteiger charge is -2.45. The van der Waals surface area contributed by atoms with Gasteiger partial charge in [0.2, 0.25) is 6.29 Å². The normalized spacial score (nSPS) is 21.1. The molecule has 5 aromatic carbocycles. The molecule has 5 aromatic rings. The van der Waals surface area contributed by atoms with Crippen molar-refractivity contribution in [1.82, 2.24) is 0 Å². The lowest BCUT2D eigenvalue weighted by atomic mass is 9.97. The van der Waals surface area contributed by atoms with Crippen molar-refractivity contribution in [3.05, 3.63) is 174 Å². The Morgan fingerprint density at radius 2 is 0.804 bits per heavy atom. The smallest absolute Gasteiger partial charge is 0.229 e. The van der Waals surface area contributed by atoms with E-state index >= 15 is 0 Å². The van der Waals surface area contributed by atoms with Crippen LogP contribution in [0.3, 0.4) is 0 Å². The van der Waals surface area contributed by atoms with Crippen LogP contribution in [-0.2, 0) is 50.1 Å². The van der Waals surface area contributed by atoms with Crippen LogP contribution in [0.4, 0.5) is 0 Å². The van der Waals surface area contributed by atoms with Gasteiger partial charge < -0.3 is 28.4 Å². The van der Waals surface area contributed by atoms with Gasteiger partial charge in [0, 0.05) is 0 Å². The van der Waals surface area contributed by atoms with E-state index in [4.69, 9.17) is 28.4 Å².